The minimum Gasteiger partial charge on any atom is -0.472 e. The Morgan fingerprint density at radius 3 is 2.53 bits per heavy atom. The maximum atomic E-state index is 11.6. The number of carbonyl (C=O) groups excluding carboxylic acids is 2. The zero-order chi connectivity index (χ0) is 13.1. The Hall–Kier alpha value is -1.78. The van der Waals surface area contributed by atoms with Gasteiger partial charge >= 0.3 is 5.97 Å². The van der Waals surface area contributed by atoms with Crippen molar-refractivity contribution in [2.45, 2.75) is 39.3 Å². The number of hydrogen-bond donors (Lipinski definition) is 1. The first-order valence-corrected chi connectivity index (χ1v) is 5.35. The minimum atomic E-state index is -0.698. The third-order valence-corrected chi connectivity index (χ3v) is 1.89. The zero-order valence-electron chi connectivity index (χ0n) is 10.4. The van der Waals surface area contributed by atoms with E-state index in [-0.39, 0.29) is 5.91 Å². The van der Waals surface area contributed by atoms with Crippen LogP contribution in [0.15, 0.2) is 23.0 Å². The van der Waals surface area contributed by atoms with Gasteiger partial charge in [-0.1, -0.05) is 0 Å². The summed E-state index contributed by atoms with van der Waals surface area (Å²) in [5, 5.41) is 2.53. The molecule has 0 spiro atoms. The van der Waals surface area contributed by atoms with E-state index in [1.54, 1.807) is 27.7 Å². The van der Waals surface area contributed by atoms with Gasteiger partial charge in [0, 0.05) is 0 Å². The van der Waals surface area contributed by atoms with Gasteiger partial charge in [-0.3, -0.25) is 4.79 Å². The Kier molecular flexibility index (Phi) is 3.93. The molecule has 0 unspecified atom stereocenters. The van der Waals surface area contributed by atoms with Gasteiger partial charge in [0.15, 0.2) is 0 Å². The van der Waals surface area contributed by atoms with Crippen molar-refractivity contribution < 1.29 is 18.7 Å². The fourth-order valence-electron chi connectivity index (χ4n) is 1.12. The molecule has 5 heteroatoms. The van der Waals surface area contributed by atoms with E-state index in [2.05, 4.69) is 5.32 Å². The van der Waals surface area contributed by atoms with Crippen LogP contribution < -0.4 is 5.32 Å². The van der Waals surface area contributed by atoms with Crippen LogP contribution in [0.25, 0.3) is 0 Å². The van der Waals surface area contributed by atoms with Crippen LogP contribution >= 0.6 is 0 Å². The van der Waals surface area contributed by atoms with Crippen LogP contribution in [-0.2, 0) is 9.53 Å². The standard InChI is InChI=1S/C12H17NO4/c1-8(11(15)17-12(2,3)4)13-10(14)9-5-6-16-7-9/h5-8H,1-4H3,(H,13,14)/t8-/m0/s1. The van der Waals surface area contributed by atoms with E-state index in [1.807, 2.05) is 0 Å². The molecule has 0 aromatic carbocycles. The fraction of sp³-hybridized carbons (Fsp3) is 0.500. The molecule has 94 valence electrons. The summed E-state index contributed by atoms with van der Waals surface area (Å²) in [4.78, 5) is 23.2. The van der Waals surface area contributed by atoms with Gasteiger partial charge in [0.2, 0.25) is 0 Å². The molecular weight excluding hydrogens is 222 g/mol. The van der Waals surface area contributed by atoms with E-state index < -0.39 is 17.6 Å². The molecule has 1 aromatic rings. The molecule has 0 saturated carbocycles. The number of rotatable bonds is 3. The molecule has 5 nitrogen and oxygen atoms in total. The molecule has 1 rings (SSSR count). The maximum Gasteiger partial charge on any atom is 0.328 e. The van der Waals surface area contributed by atoms with Crippen LogP contribution in [-0.4, -0.2) is 23.5 Å². The molecule has 0 saturated heterocycles. The molecule has 0 aliphatic heterocycles. The fourth-order valence-corrected chi connectivity index (χ4v) is 1.12. The Morgan fingerprint density at radius 2 is 2.06 bits per heavy atom. The molecule has 1 aromatic heterocycles. The highest BCUT2D eigenvalue weighted by molar-refractivity contribution is 5.96. The van der Waals surface area contributed by atoms with Crippen LogP contribution in [0, 0.1) is 0 Å². The van der Waals surface area contributed by atoms with Crippen LogP contribution in [0.1, 0.15) is 38.1 Å². The lowest BCUT2D eigenvalue weighted by Crippen LogP contribution is -2.42. The smallest absolute Gasteiger partial charge is 0.328 e. The second-order valence-corrected chi connectivity index (χ2v) is 4.74. The third kappa shape index (κ3) is 4.30. The van der Waals surface area contributed by atoms with Crippen molar-refractivity contribution in [3.8, 4) is 0 Å². The highest BCUT2D eigenvalue weighted by atomic mass is 16.6. The van der Waals surface area contributed by atoms with Crippen molar-refractivity contribution in [1.82, 2.24) is 5.32 Å². The van der Waals surface area contributed by atoms with Crippen LogP contribution in [0.2, 0.25) is 0 Å². The zero-order valence-corrected chi connectivity index (χ0v) is 10.4. The summed E-state index contributed by atoms with van der Waals surface area (Å²) in [5.41, 5.74) is -0.188. The first-order chi connectivity index (χ1) is 7.79. The number of carbonyl (C=O) groups is 2. The number of amides is 1. The molecular formula is C12H17NO4. The van der Waals surface area contributed by atoms with Crippen molar-refractivity contribution in [3.05, 3.63) is 24.2 Å². The van der Waals surface area contributed by atoms with Crippen molar-refractivity contribution >= 4 is 11.9 Å². The predicted octanol–water partition coefficient (Wildman–Crippen LogP) is 1.74. The first kappa shape index (κ1) is 13.3. The van der Waals surface area contributed by atoms with Gasteiger partial charge in [-0.25, -0.2) is 4.79 Å². The Bertz CT molecular complexity index is 389. The Balaban J connectivity index is 2.52. The molecule has 0 fully saturated rings. The van der Waals surface area contributed by atoms with Crippen molar-refractivity contribution in [2.75, 3.05) is 0 Å². The molecule has 0 aliphatic rings. The first-order valence-electron chi connectivity index (χ1n) is 5.35. The lowest BCUT2D eigenvalue weighted by molar-refractivity contribution is -0.156. The number of nitrogens with one attached hydrogen (secondary N) is 1. The van der Waals surface area contributed by atoms with E-state index in [9.17, 15) is 9.59 Å². The Labute approximate surface area is 100 Å². The molecule has 17 heavy (non-hydrogen) atoms. The van der Waals surface area contributed by atoms with Gasteiger partial charge in [0.1, 0.15) is 17.9 Å². The van der Waals surface area contributed by atoms with E-state index in [4.69, 9.17) is 9.15 Å². The highest BCUT2D eigenvalue weighted by Gasteiger charge is 2.23. The van der Waals surface area contributed by atoms with Crippen LogP contribution in [0.4, 0.5) is 0 Å². The van der Waals surface area contributed by atoms with Crippen LogP contribution in [0.3, 0.4) is 0 Å². The number of esters is 1. The van der Waals surface area contributed by atoms with Gasteiger partial charge < -0.3 is 14.5 Å². The van der Waals surface area contributed by atoms with E-state index in [0.29, 0.717) is 5.56 Å². The van der Waals surface area contributed by atoms with Crippen molar-refractivity contribution in [2.24, 2.45) is 0 Å². The lowest BCUT2D eigenvalue weighted by atomic mass is 10.2. The SMILES string of the molecule is C[C@H](NC(=O)c1ccoc1)C(=O)OC(C)(C)C. The van der Waals surface area contributed by atoms with Gasteiger partial charge in [-0.05, 0) is 33.8 Å². The quantitative estimate of drug-likeness (QED) is 0.816. The van der Waals surface area contributed by atoms with Gasteiger partial charge in [-0.2, -0.15) is 0 Å². The minimum absolute atomic E-state index is 0.364. The molecule has 1 amide bonds. The average Bonchev–Trinajstić information content (AvgIpc) is 2.67. The lowest BCUT2D eigenvalue weighted by Gasteiger charge is -2.22. The second kappa shape index (κ2) is 5.03. The van der Waals surface area contributed by atoms with Crippen molar-refractivity contribution in [1.29, 1.82) is 0 Å². The molecule has 0 bridgehead atoms. The van der Waals surface area contributed by atoms with E-state index in [0.717, 1.165) is 0 Å². The average molecular weight is 239 g/mol. The summed E-state index contributed by atoms with van der Waals surface area (Å²) < 4.78 is 9.92. The Morgan fingerprint density at radius 1 is 1.41 bits per heavy atom. The number of furan rings is 1. The summed E-state index contributed by atoms with van der Waals surface area (Å²) in [6.07, 6.45) is 2.71. The number of hydrogen-bond acceptors (Lipinski definition) is 4. The molecule has 0 aliphatic carbocycles. The predicted molar refractivity (Wildman–Crippen MR) is 61.5 cm³/mol. The summed E-state index contributed by atoms with van der Waals surface area (Å²) in [6, 6.07) is 0.827. The van der Waals surface area contributed by atoms with E-state index >= 15 is 0 Å². The van der Waals surface area contributed by atoms with Crippen molar-refractivity contribution in [3.63, 3.8) is 0 Å². The molecule has 1 atom stereocenters. The van der Waals surface area contributed by atoms with Gasteiger partial charge in [0.25, 0.3) is 5.91 Å². The molecule has 1 heterocycles. The van der Waals surface area contributed by atoms with Crippen LogP contribution in [0.5, 0.6) is 0 Å². The summed E-state index contributed by atoms with van der Waals surface area (Å²) in [7, 11) is 0. The largest absolute Gasteiger partial charge is 0.472 e. The van der Waals surface area contributed by atoms with Gasteiger partial charge in [0.05, 0.1) is 11.8 Å². The van der Waals surface area contributed by atoms with E-state index in [1.165, 1.54) is 18.6 Å². The maximum absolute atomic E-state index is 11.6. The molecule has 0 radical (unpaired) electrons. The topological polar surface area (TPSA) is 68.5 Å². The monoisotopic (exact) mass is 239 g/mol. The third-order valence-electron chi connectivity index (χ3n) is 1.89. The highest BCUT2D eigenvalue weighted by Crippen LogP contribution is 2.08. The number of ether oxygens (including phenoxy) is 1. The normalized spacial score (nSPS) is 12.9. The van der Waals surface area contributed by atoms with Gasteiger partial charge in [-0.15, -0.1) is 0 Å². The summed E-state index contributed by atoms with van der Waals surface area (Å²) in [6.45, 7) is 6.90. The summed E-state index contributed by atoms with van der Waals surface area (Å²) >= 11 is 0. The summed E-state index contributed by atoms with van der Waals surface area (Å²) in [5.74, 6) is -0.827. The second-order valence-electron chi connectivity index (χ2n) is 4.74. The molecule has 1 N–H and O–H groups in total.